The van der Waals surface area contributed by atoms with Crippen LogP contribution in [-0.4, -0.2) is 12.5 Å². The van der Waals surface area contributed by atoms with Crippen molar-refractivity contribution in [2.24, 2.45) is 0 Å². The van der Waals surface area contributed by atoms with Gasteiger partial charge in [0.15, 0.2) is 6.61 Å². The van der Waals surface area contributed by atoms with Crippen LogP contribution in [0.25, 0.3) is 11.0 Å². The average Bonchev–Trinajstić information content (AvgIpc) is 3.15. The number of fused-ring (bicyclic) bond motifs is 3. The molecule has 5 heteroatoms. The summed E-state index contributed by atoms with van der Waals surface area (Å²) in [6.45, 7) is 2.29. The summed E-state index contributed by atoms with van der Waals surface area (Å²) in [6.07, 6.45) is 2.50. The quantitative estimate of drug-likeness (QED) is 0.707. The first-order chi connectivity index (χ1) is 13.1. The van der Waals surface area contributed by atoms with Gasteiger partial charge < -0.3 is 14.5 Å². The summed E-state index contributed by atoms with van der Waals surface area (Å²) in [7, 11) is 0. The lowest BCUT2D eigenvalue weighted by Gasteiger charge is -2.13. The minimum Gasteiger partial charge on any atom is -0.483 e. The number of nitrogens with one attached hydrogen (secondary N) is 1. The van der Waals surface area contributed by atoms with Gasteiger partial charge in [0.25, 0.3) is 5.91 Å². The molecule has 1 N–H and O–H groups in total. The molecule has 1 aliphatic rings. The molecule has 2 aromatic carbocycles. The van der Waals surface area contributed by atoms with Gasteiger partial charge in [0.1, 0.15) is 11.3 Å². The Kier molecular flexibility index (Phi) is 4.67. The summed E-state index contributed by atoms with van der Waals surface area (Å²) in [5.74, 6) is 0.407. The van der Waals surface area contributed by atoms with Crippen molar-refractivity contribution in [2.75, 3.05) is 6.61 Å². The van der Waals surface area contributed by atoms with E-state index in [1.807, 2.05) is 49.4 Å². The fourth-order valence-corrected chi connectivity index (χ4v) is 3.61. The molecule has 1 amide bonds. The highest BCUT2D eigenvalue weighted by Gasteiger charge is 2.22. The molecule has 0 aliphatic heterocycles. The topological polar surface area (TPSA) is 68.5 Å². The van der Waals surface area contributed by atoms with E-state index >= 15 is 0 Å². The highest BCUT2D eigenvalue weighted by atomic mass is 16.5. The summed E-state index contributed by atoms with van der Waals surface area (Å²) in [6, 6.07) is 13.5. The largest absolute Gasteiger partial charge is 0.483 e. The molecule has 1 aromatic heterocycles. The highest BCUT2D eigenvalue weighted by molar-refractivity contribution is 5.89. The molecule has 1 aliphatic carbocycles. The highest BCUT2D eigenvalue weighted by Crippen LogP contribution is 2.35. The van der Waals surface area contributed by atoms with Gasteiger partial charge in [-0.3, -0.25) is 4.79 Å². The Balaban J connectivity index is 1.54. The number of aryl methyl sites for hydroxylation is 2. The van der Waals surface area contributed by atoms with Gasteiger partial charge in [0.05, 0.1) is 5.39 Å². The van der Waals surface area contributed by atoms with Crippen LogP contribution in [0.4, 0.5) is 0 Å². The SMILES string of the molecule is Cc1cc(OCC(=O)NCc2ccccc2)c2c3c(c(=O)oc2c1)CCC3. The summed E-state index contributed by atoms with van der Waals surface area (Å²) in [4.78, 5) is 24.4. The van der Waals surface area contributed by atoms with Crippen LogP contribution < -0.4 is 15.7 Å². The third kappa shape index (κ3) is 3.58. The van der Waals surface area contributed by atoms with E-state index in [4.69, 9.17) is 9.15 Å². The molecule has 0 saturated carbocycles. The second-order valence-electron chi connectivity index (χ2n) is 6.89. The van der Waals surface area contributed by atoms with E-state index in [1.54, 1.807) is 0 Å². The van der Waals surface area contributed by atoms with Crippen molar-refractivity contribution in [1.29, 1.82) is 0 Å². The van der Waals surface area contributed by atoms with Gasteiger partial charge in [0, 0.05) is 12.1 Å². The van der Waals surface area contributed by atoms with Gasteiger partial charge in [0.2, 0.25) is 0 Å². The van der Waals surface area contributed by atoms with Crippen molar-refractivity contribution >= 4 is 16.9 Å². The molecule has 3 aromatic rings. The molecule has 1 heterocycles. The van der Waals surface area contributed by atoms with Gasteiger partial charge in [-0.05, 0) is 55.0 Å². The lowest BCUT2D eigenvalue weighted by atomic mass is 10.0. The van der Waals surface area contributed by atoms with E-state index in [0.29, 0.717) is 17.9 Å². The van der Waals surface area contributed by atoms with Gasteiger partial charge in [-0.1, -0.05) is 30.3 Å². The number of hydrogen-bond acceptors (Lipinski definition) is 4. The van der Waals surface area contributed by atoms with E-state index in [9.17, 15) is 9.59 Å². The molecular formula is C22H21NO4. The molecule has 5 nitrogen and oxygen atoms in total. The number of rotatable bonds is 5. The fourth-order valence-electron chi connectivity index (χ4n) is 3.61. The Hall–Kier alpha value is -3.08. The maximum absolute atomic E-state index is 12.2. The smallest absolute Gasteiger partial charge is 0.339 e. The van der Waals surface area contributed by atoms with Gasteiger partial charge >= 0.3 is 5.63 Å². The molecule has 0 bridgehead atoms. The lowest BCUT2D eigenvalue weighted by Crippen LogP contribution is -2.28. The molecule has 0 radical (unpaired) electrons. The lowest BCUT2D eigenvalue weighted by molar-refractivity contribution is -0.123. The van der Waals surface area contributed by atoms with Crippen molar-refractivity contribution in [1.82, 2.24) is 5.32 Å². The van der Waals surface area contributed by atoms with E-state index in [1.165, 1.54) is 0 Å². The molecule has 0 spiro atoms. The summed E-state index contributed by atoms with van der Waals surface area (Å²) < 4.78 is 11.3. The fraction of sp³-hybridized carbons (Fsp3) is 0.273. The van der Waals surface area contributed by atoms with Crippen LogP contribution in [0.5, 0.6) is 5.75 Å². The Morgan fingerprint density at radius 2 is 1.93 bits per heavy atom. The number of carbonyl (C=O) groups is 1. The molecule has 0 saturated heterocycles. The minimum absolute atomic E-state index is 0.0840. The van der Waals surface area contributed by atoms with Gasteiger partial charge in [-0.25, -0.2) is 4.79 Å². The van der Waals surface area contributed by atoms with Crippen LogP contribution in [0.2, 0.25) is 0 Å². The first-order valence-electron chi connectivity index (χ1n) is 9.14. The zero-order chi connectivity index (χ0) is 18.8. The van der Waals surface area contributed by atoms with Crippen molar-refractivity contribution in [3.63, 3.8) is 0 Å². The van der Waals surface area contributed by atoms with Crippen LogP contribution in [0.1, 0.15) is 28.7 Å². The summed E-state index contributed by atoms with van der Waals surface area (Å²) >= 11 is 0. The number of amides is 1. The molecule has 0 unspecified atom stereocenters. The Morgan fingerprint density at radius 3 is 2.74 bits per heavy atom. The molecule has 138 valence electrons. The Morgan fingerprint density at radius 1 is 1.15 bits per heavy atom. The molecule has 4 rings (SSSR count). The number of hydrogen-bond donors (Lipinski definition) is 1. The van der Waals surface area contributed by atoms with E-state index in [0.717, 1.165) is 46.9 Å². The predicted octanol–water partition coefficient (Wildman–Crippen LogP) is 3.29. The average molecular weight is 363 g/mol. The zero-order valence-electron chi connectivity index (χ0n) is 15.2. The monoisotopic (exact) mass is 363 g/mol. The summed E-state index contributed by atoms with van der Waals surface area (Å²) in [5, 5.41) is 3.68. The third-order valence-corrected chi connectivity index (χ3v) is 4.87. The molecule has 0 atom stereocenters. The summed E-state index contributed by atoms with van der Waals surface area (Å²) in [5.41, 5.74) is 3.97. The second kappa shape index (κ2) is 7.27. The van der Waals surface area contributed by atoms with Crippen LogP contribution in [0.3, 0.4) is 0 Å². The van der Waals surface area contributed by atoms with Crippen LogP contribution in [0.15, 0.2) is 51.7 Å². The third-order valence-electron chi connectivity index (χ3n) is 4.87. The Labute approximate surface area is 157 Å². The molecular weight excluding hydrogens is 342 g/mol. The number of benzene rings is 2. The van der Waals surface area contributed by atoms with E-state index < -0.39 is 0 Å². The van der Waals surface area contributed by atoms with E-state index in [2.05, 4.69) is 5.32 Å². The van der Waals surface area contributed by atoms with Crippen LogP contribution in [0, 0.1) is 6.92 Å². The normalized spacial score (nSPS) is 12.8. The Bertz CT molecular complexity index is 1050. The van der Waals surface area contributed by atoms with E-state index in [-0.39, 0.29) is 18.1 Å². The maximum atomic E-state index is 12.2. The van der Waals surface area contributed by atoms with Crippen LogP contribution >= 0.6 is 0 Å². The first kappa shape index (κ1) is 17.3. The predicted molar refractivity (Wildman–Crippen MR) is 103 cm³/mol. The van der Waals surface area contributed by atoms with Crippen molar-refractivity contribution in [3.8, 4) is 5.75 Å². The van der Waals surface area contributed by atoms with Gasteiger partial charge in [-0.15, -0.1) is 0 Å². The maximum Gasteiger partial charge on any atom is 0.339 e. The minimum atomic E-state index is -0.257. The zero-order valence-corrected chi connectivity index (χ0v) is 15.2. The van der Waals surface area contributed by atoms with Crippen molar-refractivity contribution < 1.29 is 13.9 Å². The van der Waals surface area contributed by atoms with Gasteiger partial charge in [-0.2, -0.15) is 0 Å². The first-order valence-corrected chi connectivity index (χ1v) is 9.14. The van der Waals surface area contributed by atoms with Crippen molar-refractivity contribution in [3.05, 3.63) is 75.1 Å². The van der Waals surface area contributed by atoms with Crippen molar-refractivity contribution in [2.45, 2.75) is 32.7 Å². The van der Waals surface area contributed by atoms with Crippen LogP contribution in [-0.2, 0) is 24.2 Å². The molecule has 0 fully saturated rings. The standard InChI is InChI=1S/C22H21NO4/c1-14-10-18(26-13-20(24)23-12-15-6-3-2-4-7-15)21-16-8-5-9-17(16)22(25)27-19(21)11-14/h2-4,6-7,10-11H,5,8-9,12-13H2,1H3,(H,23,24). The number of carbonyl (C=O) groups excluding carboxylic acids is 1. The molecule has 27 heavy (non-hydrogen) atoms. The second-order valence-corrected chi connectivity index (χ2v) is 6.89. The number of ether oxygens (including phenoxy) is 1.